The molecular formula is C15H21N3. The molecule has 0 aliphatic heterocycles. The number of aromatic nitrogens is 1. The number of hydrogen-bond acceptors (Lipinski definition) is 3. The molecule has 0 aromatic carbocycles. The zero-order chi connectivity index (χ0) is 12.8. The lowest BCUT2D eigenvalue weighted by atomic mass is 9.81. The molecule has 0 saturated heterocycles. The number of pyridine rings is 1. The Morgan fingerprint density at radius 2 is 2.33 bits per heavy atom. The average molecular weight is 243 g/mol. The third kappa shape index (κ3) is 3.73. The van der Waals surface area contributed by atoms with E-state index in [4.69, 9.17) is 5.26 Å². The molecule has 1 aliphatic carbocycles. The molecule has 1 heterocycles. The first-order chi connectivity index (χ1) is 8.78. The lowest BCUT2D eigenvalue weighted by Gasteiger charge is -2.26. The van der Waals surface area contributed by atoms with Gasteiger partial charge in [0.1, 0.15) is 17.6 Å². The first-order valence-corrected chi connectivity index (χ1v) is 6.89. The summed E-state index contributed by atoms with van der Waals surface area (Å²) >= 11 is 0. The second-order valence-corrected chi connectivity index (χ2v) is 5.37. The van der Waals surface area contributed by atoms with Crippen LogP contribution in [0.2, 0.25) is 0 Å². The maximum Gasteiger partial charge on any atom is 0.142 e. The van der Waals surface area contributed by atoms with E-state index in [1.807, 2.05) is 12.1 Å². The van der Waals surface area contributed by atoms with Crippen LogP contribution in [0, 0.1) is 23.2 Å². The molecule has 18 heavy (non-hydrogen) atoms. The molecule has 2 atom stereocenters. The first kappa shape index (κ1) is 12.9. The van der Waals surface area contributed by atoms with Crippen molar-refractivity contribution in [2.45, 2.75) is 39.0 Å². The lowest BCUT2D eigenvalue weighted by Crippen LogP contribution is -2.16. The maximum absolute atomic E-state index is 8.78. The summed E-state index contributed by atoms with van der Waals surface area (Å²) in [6.07, 6.45) is 6.73. The molecule has 1 aromatic rings. The number of nitrogens with zero attached hydrogens (tertiary/aromatic N) is 2. The second-order valence-electron chi connectivity index (χ2n) is 5.37. The minimum atomic E-state index is 0.478. The van der Waals surface area contributed by atoms with Gasteiger partial charge in [0.25, 0.3) is 0 Å². The molecule has 0 spiro atoms. The van der Waals surface area contributed by atoms with E-state index in [9.17, 15) is 0 Å². The van der Waals surface area contributed by atoms with Crippen molar-refractivity contribution in [2.75, 3.05) is 11.9 Å². The van der Waals surface area contributed by atoms with Crippen molar-refractivity contribution in [1.82, 2.24) is 4.98 Å². The number of rotatable bonds is 4. The Labute approximate surface area is 109 Å². The summed E-state index contributed by atoms with van der Waals surface area (Å²) in [5.41, 5.74) is 0.478. The average Bonchev–Trinajstić information content (AvgIpc) is 2.39. The quantitative estimate of drug-likeness (QED) is 0.879. The molecule has 1 N–H and O–H groups in total. The van der Waals surface area contributed by atoms with Gasteiger partial charge >= 0.3 is 0 Å². The highest BCUT2D eigenvalue weighted by Gasteiger charge is 2.18. The summed E-state index contributed by atoms with van der Waals surface area (Å²) in [6.45, 7) is 3.32. The summed E-state index contributed by atoms with van der Waals surface area (Å²) in [5, 5.41) is 12.1. The first-order valence-electron chi connectivity index (χ1n) is 6.89. The van der Waals surface area contributed by atoms with Gasteiger partial charge in [-0.3, -0.25) is 0 Å². The van der Waals surface area contributed by atoms with E-state index in [0.717, 1.165) is 24.2 Å². The molecule has 1 aliphatic rings. The molecule has 96 valence electrons. The van der Waals surface area contributed by atoms with Gasteiger partial charge in [0.2, 0.25) is 0 Å². The normalized spacial score (nSPS) is 23.3. The predicted octanol–water partition coefficient (Wildman–Crippen LogP) is 3.58. The maximum atomic E-state index is 8.78. The van der Waals surface area contributed by atoms with E-state index in [2.05, 4.69) is 23.3 Å². The zero-order valence-corrected chi connectivity index (χ0v) is 11.0. The standard InChI is InChI=1S/C15H21N3/c1-12-4-2-5-13(10-12)8-9-17-15-7-3-6-14(11-16)18-15/h3,6-7,12-13H,2,4-5,8-10H2,1H3,(H,17,18). The molecule has 1 saturated carbocycles. The van der Waals surface area contributed by atoms with Gasteiger partial charge in [0, 0.05) is 6.54 Å². The molecule has 0 bridgehead atoms. The van der Waals surface area contributed by atoms with Crippen molar-refractivity contribution in [3.05, 3.63) is 23.9 Å². The van der Waals surface area contributed by atoms with Gasteiger partial charge in [-0.05, 0) is 36.8 Å². The molecule has 3 heteroatoms. The number of hydrogen-bond donors (Lipinski definition) is 1. The van der Waals surface area contributed by atoms with Crippen molar-refractivity contribution in [3.8, 4) is 6.07 Å². The predicted molar refractivity (Wildman–Crippen MR) is 73.2 cm³/mol. The SMILES string of the molecule is CC1CCCC(CCNc2cccc(C#N)n2)C1. The van der Waals surface area contributed by atoms with Gasteiger partial charge in [0.15, 0.2) is 0 Å². The van der Waals surface area contributed by atoms with Crippen LogP contribution in [-0.4, -0.2) is 11.5 Å². The molecule has 0 amide bonds. The summed E-state index contributed by atoms with van der Waals surface area (Å²) in [7, 11) is 0. The topological polar surface area (TPSA) is 48.7 Å². The Hall–Kier alpha value is -1.56. The number of nitriles is 1. The Morgan fingerprint density at radius 1 is 1.44 bits per heavy atom. The van der Waals surface area contributed by atoms with E-state index >= 15 is 0 Å². The summed E-state index contributed by atoms with van der Waals surface area (Å²) in [4.78, 5) is 4.22. The molecule has 0 radical (unpaired) electrons. The molecular weight excluding hydrogens is 222 g/mol. The highest BCUT2D eigenvalue weighted by Crippen LogP contribution is 2.30. The van der Waals surface area contributed by atoms with Gasteiger partial charge in [-0.15, -0.1) is 0 Å². The molecule has 1 aromatic heterocycles. The van der Waals surface area contributed by atoms with Crippen LogP contribution in [-0.2, 0) is 0 Å². The van der Waals surface area contributed by atoms with E-state index in [1.165, 1.54) is 32.1 Å². The fourth-order valence-electron chi connectivity index (χ4n) is 2.82. The monoisotopic (exact) mass is 243 g/mol. The summed E-state index contributed by atoms with van der Waals surface area (Å²) < 4.78 is 0. The Morgan fingerprint density at radius 3 is 3.11 bits per heavy atom. The van der Waals surface area contributed by atoms with Crippen molar-refractivity contribution in [1.29, 1.82) is 5.26 Å². The van der Waals surface area contributed by atoms with Gasteiger partial charge in [-0.25, -0.2) is 4.98 Å². The van der Waals surface area contributed by atoms with Crippen LogP contribution in [0.4, 0.5) is 5.82 Å². The summed E-state index contributed by atoms with van der Waals surface area (Å²) in [6, 6.07) is 7.58. The summed E-state index contributed by atoms with van der Waals surface area (Å²) in [5.74, 6) is 2.57. The Balaban J connectivity index is 1.76. The molecule has 1 fully saturated rings. The third-order valence-electron chi connectivity index (χ3n) is 3.77. The highest BCUT2D eigenvalue weighted by atomic mass is 15.0. The van der Waals surface area contributed by atoms with E-state index < -0.39 is 0 Å². The highest BCUT2D eigenvalue weighted by molar-refractivity contribution is 5.38. The van der Waals surface area contributed by atoms with Crippen LogP contribution < -0.4 is 5.32 Å². The Bertz CT molecular complexity index is 422. The van der Waals surface area contributed by atoms with Crippen LogP contribution in [0.5, 0.6) is 0 Å². The molecule has 2 unspecified atom stereocenters. The minimum Gasteiger partial charge on any atom is -0.370 e. The van der Waals surface area contributed by atoms with Gasteiger partial charge in [-0.2, -0.15) is 5.26 Å². The van der Waals surface area contributed by atoms with Crippen LogP contribution >= 0.6 is 0 Å². The fourth-order valence-corrected chi connectivity index (χ4v) is 2.82. The second kappa shape index (κ2) is 6.39. The van der Waals surface area contributed by atoms with Gasteiger partial charge < -0.3 is 5.32 Å². The fraction of sp³-hybridized carbons (Fsp3) is 0.600. The van der Waals surface area contributed by atoms with Gasteiger partial charge in [-0.1, -0.05) is 32.3 Å². The smallest absolute Gasteiger partial charge is 0.142 e. The number of anilines is 1. The lowest BCUT2D eigenvalue weighted by molar-refractivity contribution is 0.274. The van der Waals surface area contributed by atoms with E-state index in [-0.39, 0.29) is 0 Å². The third-order valence-corrected chi connectivity index (χ3v) is 3.77. The molecule has 2 rings (SSSR count). The molecule has 3 nitrogen and oxygen atoms in total. The number of nitrogens with one attached hydrogen (secondary N) is 1. The van der Waals surface area contributed by atoms with Crippen molar-refractivity contribution >= 4 is 5.82 Å². The Kier molecular flexibility index (Phi) is 4.58. The van der Waals surface area contributed by atoms with Crippen LogP contribution in [0.3, 0.4) is 0 Å². The van der Waals surface area contributed by atoms with Crippen molar-refractivity contribution < 1.29 is 0 Å². The largest absolute Gasteiger partial charge is 0.370 e. The van der Waals surface area contributed by atoms with E-state index in [0.29, 0.717) is 5.69 Å². The van der Waals surface area contributed by atoms with Crippen LogP contribution in [0.1, 0.15) is 44.7 Å². The van der Waals surface area contributed by atoms with Crippen LogP contribution in [0.25, 0.3) is 0 Å². The van der Waals surface area contributed by atoms with Crippen molar-refractivity contribution in [3.63, 3.8) is 0 Å². The zero-order valence-electron chi connectivity index (χ0n) is 11.0. The van der Waals surface area contributed by atoms with Crippen molar-refractivity contribution in [2.24, 2.45) is 11.8 Å². The minimum absolute atomic E-state index is 0.478. The van der Waals surface area contributed by atoms with Crippen LogP contribution in [0.15, 0.2) is 18.2 Å². The van der Waals surface area contributed by atoms with E-state index in [1.54, 1.807) is 6.07 Å². The van der Waals surface area contributed by atoms with Gasteiger partial charge in [0.05, 0.1) is 0 Å².